The van der Waals surface area contributed by atoms with Crippen molar-refractivity contribution < 1.29 is 17.9 Å². The molecule has 3 nitrogen and oxygen atoms in total. The number of methoxy groups -OCH3 is 1. The van der Waals surface area contributed by atoms with Crippen LogP contribution in [0.25, 0.3) is 0 Å². The van der Waals surface area contributed by atoms with Crippen LogP contribution < -0.4 is 5.32 Å². The van der Waals surface area contributed by atoms with Crippen LogP contribution in [0.15, 0.2) is 0 Å². The Morgan fingerprint density at radius 2 is 2.17 bits per heavy atom. The van der Waals surface area contributed by atoms with Gasteiger partial charge in [0.2, 0.25) is 0 Å². The summed E-state index contributed by atoms with van der Waals surface area (Å²) in [5.41, 5.74) is 0. The highest BCUT2D eigenvalue weighted by molar-refractivity contribution is 4.81. The fourth-order valence-electron chi connectivity index (χ4n) is 2.29. The molecule has 0 amide bonds. The summed E-state index contributed by atoms with van der Waals surface area (Å²) in [6, 6.07) is 0.131. The first kappa shape index (κ1) is 15.7. The lowest BCUT2D eigenvalue weighted by Crippen LogP contribution is -2.48. The summed E-state index contributed by atoms with van der Waals surface area (Å²) in [5, 5.41) is 3.19. The summed E-state index contributed by atoms with van der Waals surface area (Å²) in [6.45, 7) is 4.93. The molecule has 108 valence electrons. The Morgan fingerprint density at radius 1 is 1.44 bits per heavy atom. The van der Waals surface area contributed by atoms with Crippen LogP contribution in [0.4, 0.5) is 13.2 Å². The summed E-state index contributed by atoms with van der Waals surface area (Å²) >= 11 is 0. The molecule has 1 aliphatic rings. The average Bonchev–Trinajstić information content (AvgIpc) is 2.33. The van der Waals surface area contributed by atoms with Gasteiger partial charge in [-0.05, 0) is 26.3 Å². The molecule has 0 spiro atoms. The highest BCUT2D eigenvalue weighted by Gasteiger charge is 2.42. The van der Waals surface area contributed by atoms with E-state index in [1.54, 1.807) is 7.11 Å². The van der Waals surface area contributed by atoms with E-state index in [9.17, 15) is 13.2 Å². The largest absolute Gasteiger partial charge is 0.393 e. The van der Waals surface area contributed by atoms with Gasteiger partial charge in [0.1, 0.15) is 0 Å². The van der Waals surface area contributed by atoms with Gasteiger partial charge in [-0.25, -0.2) is 0 Å². The van der Waals surface area contributed by atoms with Crippen molar-refractivity contribution in [2.45, 2.75) is 32.0 Å². The van der Waals surface area contributed by atoms with Crippen molar-refractivity contribution in [3.05, 3.63) is 0 Å². The SMILES string of the molecule is COCCNCC(C)N1CCCC(C(F)(F)F)C1. The summed E-state index contributed by atoms with van der Waals surface area (Å²) in [6.07, 6.45) is -3.15. The lowest BCUT2D eigenvalue weighted by atomic mass is 9.96. The number of rotatable bonds is 6. The maximum absolute atomic E-state index is 12.7. The number of nitrogens with zero attached hydrogens (tertiary/aromatic N) is 1. The number of nitrogens with one attached hydrogen (secondary N) is 1. The number of ether oxygens (including phenoxy) is 1. The lowest BCUT2D eigenvalue weighted by molar-refractivity contribution is -0.188. The van der Waals surface area contributed by atoms with Crippen molar-refractivity contribution in [3.63, 3.8) is 0 Å². The van der Waals surface area contributed by atoms with Crippen LogP contribution in [0.3, 0.4) is 0 Å². The third kappa shape index (κ3) is 5.12. The van der Waals surface area contributed by atoms with Gasteiger partial charge >= 0.3 is 6.18 Å². The van der Waals surface area contributed by atoms with Crippen molar-refractivity contribution in [2.75, 3.05) is 39.9 Å². The van der Waals surface area contributed by atoms with Crippen molar-refractivity contribution >= 4 is 0 Å². The monoisotopic (exact) mass is 268 g/mol. The Kier molecular flexibility index (Phi) is 6.38. The van der Waals surface area contributed by atoms with Gasteiger partial charge in [-0.15, -0.1) is 0 Å². The maximum Gasteiger partial charge on any atom is 0.393 e. The zero-order valence-corrected chi connectivity index (χ0v) is 11.1. The maximum atomic E-state index is 12.7. The number of halogens is 3. The van der Waals surface area contributed by atoms with Crippen molar-refractivity contribution in [2.24, 2.45) is 5.92 Å². The minimum absolute atomic E-state index is 0.131. The summed E-state index contributed by atoms with van der Waals surface area (Å²) in [5.74, 6) is -1.16. The molecule has 0 saturated carbocycles. The van der Waals surface area contributed by atoms with Crippen LogP contribution in [0, 0.1) is 5.92 Å². The van der Waals surface area contributed by atoms with E-state index < -0.39 is 12.1 Å². The minimum atomic E-state index is -4.05. The first-order valence-corrected chi connectivity index (χ1v) is 6.45. The van der Waals surface area contributed by atoms with Crippen LogP contribution in [-0.2, 0) is 4.74 Å². The molecule has 0 aromatic heterocycles. The van der Waals surface area contributed by atoms with Gasteiger partial charge < -0.3 is 10.1 Å². The highest BCUT2D eigenvalue weighted by atomic mass is 19.4. The van der Waals surface area contributed by atoms with Crippen molar-refractivity contribution in [1.29, 1.82) is 0 Å². The molecule has 0 aromatic rings. The Labute approximate surface area is 107 Å². The summed E-state index contributed by atoms with van der Waals surface area (Å²) in [4.78, 5) is 1.93. The number of hydrogen-bond acceptors (Lipinski definition) is 3. The number of alkyl halides is 3. The van der Waals surface area contributed by atoms with Gasteiger partial charge in [-0.3, -0.25) is 4.90 Å². The fourth-order valence-corrected chi connectivity index (χ4v) is 2.29. The predicted octanol–water partition coefficient (Wildman–Crippen LogP) is 1.89. The summed E-state index contributed by atoms with van der Waals surface area (Å²) < 4.78 is 42.9. The van der Waals surface area contributed by atoms with Crippen LogP contribution in [0.1, 0.15) is 19.8 Å². The van der Waals surface area contributed by atoms with E-state index in [-0.39, 0.29) is 19.0 Å². The zero-order valence-electron chi connectivity index (χ0n) is 11.1. The number of hydrogen-bond donors (Lipinski definition) is 1. The Hall–Kier alpha value is -0.330. The second-order valence-electron chi connectivity index (χ2n) is 4.92. The lowest BCUT2D eigenvalue weighted by Gasteiger charge is -2.37. The van der Waals surface area contributed by atoms with E-state index in [1.807, 2.05) is 11.8 Å². The van der Waals surface area contributed by atoms with Crippen molar-refractivity contribution in [1.82, 2.24) is 10.2 Å². The van der Waals surface area contributed by atoms with E-state index in [1.165, 1.54) is 0 Å². The molecule has 1 rings (SSSR count). The second-order valence-corrected chi connectivity index (χ2v) is 4.92. The van der Waals surface area contributed by atoms with E-state index in [0.717, 1.165) is 13.1 Å². The molecule has 1 saturated heterocycles. The van der Waals surface area contributed by atoms with Crippen LogP contribution in [-0.4, -0.2) is 57.0 Å². The van der Waals surface area contributed by atoms with Gasteiger partial charge in [0.05, 0.1) is 12.5 Å². The predicted molar refractivity (Wildman–Crippen MR) is 64.6 cm³/mol. The third-order valence-corrected chi connectivity index (χ3v) is 3.46. The van der Waals surface area contributed by atoms with E-state index in [4.69, 9.17) is 4.74 Å². The molecular formula is C12H23F3N2O. The topological polar surface area (TPSA) is 24.5 Å². The molecule has 18 heavy (non-hydrogen) atoms. The van der Waals surface area contributed by atoms with Gasteiger partial charge in [0, 0.05) is 32.8 Å². The van der Waals surface area contributed by atoms with Crippen LogP contribution in [0.2, 0.25) is 0 Å². The van der Waals surface area contributed by atoms with E-state index in [2.05, 4.69) is 5.32 Å². The van der Waals surface area contributed by atoms with Gasteiger partial charge in [0.25, 0.3) is 0 Å². The Bertz CT molecular complexity index is 236. The summed E-state index contributed by atoms with van der Waals surface area (Å²) in [7, 11) is 1.63. The van der Waals surface area contributed by atoms with Gasteiger partial charge in [-0.1, -0.05) is 0 Å². The number of piperidine rings is 1. The molecule has 1 N–H and O–H groups in total. The highest BCUT2D eigenvalue weighted by Crippen LogP contribution is 2.33. The van der Waals surface area contributed by atoms with Crippen molar-refractivity contribution in [3.8, 4) is 0 Å². The van der Waals surface area contributed by atoms with Gasteiger partial charge in [0.15, 0.2) is 0 Å². The first-order chi connectivity index (χ1) is 8.45. The molecule has 0 aromatic carbocycles. The number of likely N-dealkylation sites (tertiary alicyclic amines) is 1. The minimum Gasteiger partial charge on any atom is -0.383 e. The molecule has 1 aliphatic heterocycles. The fraction of sp³-hybridized carbons (Fsp3) is 1.00. The molecule has 1 fully saturated rings. The molecule has 0 aliphatic carbocycles. The third-order valence-electron chi connectivity index (χ3n) is 3.46. The normalized spacial score (nSPS) is 24.2. The quantitative estimate of drug-likeness (QED) is 0.744. The van der Waals surface area contributed by atoms with Crippen LogP contribution >= 0.6 is 0 Å². The second kappa shape index (κ2) is 7.31. The van der Waals surface area contributed by atoms with Gasteiger partial charge in [-0.2, -0.15) is 13.2 Å². The zero-order chi connectivity index (χ0) is 13.6. The molecular weight excluding hydrogens is 245 g/mol. The smallest absolute Gasteiger partial charge is 0.383 e. The van der Waals surface area contributed by atoms with Crippen LogP contribution in [0.5, 0.6) is 0 Å². The molecule has 2 unspecified atom stereocenters. The average molecular weight is 268 g/mol. The van der Waals surface area contributed by atoms with E-state index in [0.29, 0.717) is 19.6 Å². The molecule has 2 atom stereocenters. The first-order valence-electron chi connectivity index (χ1n) is 6.45. The molecule has 1 heterocycles. The Morgan fingerprint density at radius 3 is 2.78 bits per heavy atom. The van der Waals surface area contributed by atoms with E-state index >= 15 is 0 Å². The molecule has 6 heteroatoms. The molecule has 0 radical (unpaired) electrons. The molecule has 0 bridgehead atoms. The Balaban J connectivity index is 2.32. The standard InChI is InChI=1S/C12H23F3N2O/c1-10(8-16-5-7-18-2)17-6-3-4-11(9-17)12(13,14)15/h10-11,16H,3-9H2,1-2H3.